The van der Waals surface area contributed by atoms with Gasteiger partial charge in [-0.3, -0.25) is 14.4 Å². The van der Waals surface area contributed by atoms with Crippen LogP contribution in [0.15, 0.2) is 60.8 Å². The Hall–Kier alpha value is -5.31. The lowest BCUT2D eigenvalue weighted by molar-refractivity contribution is -0.142. The van der Waals surface area contributed by atoms with Crippen molar-refractivity contribution in [2.24, 2.45) is 0 Å². The molecule has 1 amide bonds. The summed E-state index contributed by atoms with van der Waals surface area (Å²) >= 11 is 0. The number of alkyl halides is 5. The van der Waals surface area contributed by atoms with E-state index in [2.05, 4.69) is 10.4 Å². The van der Waals surface area contributed by atoms with Gasteiger partial charge < -0.3 is 19.9 Å². The third kappa shape index (κ3) is 7.89. The molecule has 0 saturated carbocycles. The van der Waals surface area contributed by atoms with Gasteiger partial charge in [0.05, 0.1) is 25.3 Å². The number of ether oxygens (including phenoxy) is 2. The zero-order valence-electron chi connectivity index (χ0n) is 29.0. The Morgan fingerprint density at radius 1 is 1.00 bits per heavy atom. The summed E-state index contributed by atoms with van der Waals surface area (Å²) in [5, 5.41) is 17.6. The highest BCUT2D eigenvalue weighted by Gasteiger charge is 2.35. The molecule has 0 bridgehead atoms. The van der Waals surface area contributed by atoms with E-state index in [1.807, 2.05) is 23.1 Å². The van der Waals surface area contributed by atoms with Gasteiger partial charge in [0.25, 0.3) is 11.8 Å². The van der Waals surface area contributed by atoms with Gasteiger partial charge in [-0.05, 0) is 46.5 Å². The Kier molecular flexibility index (Phi) is 10.3. The van der Waals surface area contributed by atoms with Crippen LogP contribution in [0.1, 0.15) is 39.9 Å². The van der Waals surface area contributed by atoms with Crippen LogP contribution in [-0.2, 0) is 24.3 Å². The quantitative estimate of drug-likeness (QED) is 0.135. The minimum absolute atomic E-state index is 0.0529. The highest BCUT2D eigenvalue weighted by Crippen LogP contribution is 2.45. The molecule has 280 valence electrons. The van der Waals surface area contributed by atoms with E-state index in [4.69, 9.17) is 9.47 Å². The number of aryl methyl sites for hydroxylation is 1. The van der Waals surface area contributed by atoms with E-state index >= 15 is 4.39 Å². The number of aromatic nitrogens is 2. The fourth-order valence-corrected chi connectivity index (χ4v) is 6.94. The predicted molar refractivity (Wildman–Crippen MR) is 185 cm³/mol. The van der Waals surface area contributed by atoms with Crippen molar-refractivity contribution in [3.05, 3.63) is 88.9 Å². The van der Waals surface area contributed by atoms with Crippen LogP contribution in [0.4, 0.5) is 26.3 Å². The maximum atomic E-state index is 15.6. The molecule has 1 aliphatic heterocycles. The van der Waals surface area contributed by atoms with Gasteiger partial charge in [0.2, 0.25) is 0 Å². The van der Waals surface area contributed by atoms with Crippen LogP contribution in [-0.4, -0.2) is 77.1 Å². The number of carboxylic acids is 1. The number of carbonyl (C=O) groups excluding carboxylic acids is 1. The number of likely N-dealkylation sites (tertiary alicyclic amines) is 1. The van der Waals surface area contributed by atoms with Crippen molar-refractivity contribution >= 4 is 33.6 Å². The number of nitrogens with zero attached hydrogens (tertiary/aromatic N) is 3. The minimum atomic E-state index is -4.61. The summed E-state index contributed by atoms with van der Waals surface area (Å²) in [6, 6.07) is 14.1. The molecule has 1 atom stereocenters. The predicted octanol–water partition coefficient (Wildman–Crippen LogP) is 7.54. The molecule has 5 aromatic rings. The van der Waals surface area contributed by atoms with Crippen molar-refractivity contribution in [2.75, 3.05) is 27.3 Å². The van der Waals surface area contributed by atoms with Crippen LogP contribution in [0.2, 0.25) is 0 Å². The molecule has 1 aliphatic rings. The molecule has 2 heterocycles. The molecule has 15 heteroatoms. The van der Waals surface area contributed by atoms with E-state index in [0.29, 0.717) is 50.2 Å². The summed E-state index contributed by atoms with van der Waals surface area (Å²) < 4.78 is 94.3. The highest BCUT2D eigenvalue weighted by atomic mass is 19.4. The van der Waals surface area contributed by atoms with E-state index in [-0.39, 0.29) is 43.3 Å². The summed E-state index contributed by atoms with van der Waals surface area (Å²) in [6.07, 6.45) is -4.26. The average molecular weight is 743 g/mol. The zero-order valence-corrected chi connectivity index (χ0v) is 29.0. The second kappa shape index (κ2) is 14.6. The van der Waals surface area contributed by atoms with Crippen molar-refractivity contribution < 1.29 is 50.5 Å². The number of hydrogen-bond donors (Lipinski definition) is 2. The Bertz CT molecular complexity index is 2190. The van der Waals surface area contributed by atoms with E-state index in [9.17, 15) is 36.6 Å². The van der Waals surface area contributed by atoms with Gasteiger partial charge in [-0.15, -0.1) is 0 Å². The molecule has 1 aromatic heterocycles. The number of hydrogen-bond acceptors (Lipinski definition) is 6. The Morgan fingerprint density at radius 2 is 1.70 bits per heavy atom. The number of methoxy groups -OCH3 is 2. The van der Waals surface area contributed by atoms with Crippen molar-refractivity contribution in [3.63, 3.8) is 0 Å². The maximum absolute atomic E-state index is 15.6. The molecule has 1 saturated heterocycles. The minimum Gasteiger partial charge on any atom is -0.496 e. The molecular weight excluding hydrogens is 706 g/mol. The zero-order chi connectivity index (χ0) is 38.2. The fraction of sp³-hybridized carbons (Fsp3) is 0.342. The molecule has 0 spiro atoms. The molecule has 9 nitrogen and oxygen atoms in total. The van der Waals surface area contributed by atoms with Gasteiger partial charge in [-0.25, -0.2) is 18.0 Å². The molecule has 0 unspecified atom stereocenters. The van der Waals surface area contributed by atoms with Crippen molar-refractivity contribution in [3.8, 4) is 22.6 Å². The van der Waals surface area contributed by atoms with Gasteiger partial charge in [-0.1, -0.05) is 42.5 Å². The summed E-state index contributed by atoms with van der Waals surface area (Å²) in [6.45, 7) is 0.758. The molecule has 0 aliphatic carbocycles. The van der Waals surface area contributed by atoms with Gasteiger partial charge in [0, 0.05) is 56.0 Å². The molecule has 0 radical (unpaired) electrons. The van der Waals surface area contributed by atoms with Crippen molar-refractivity contribution in [1.82, 2.24) is 20.0 Å². The van der Waals surface area contributed by atoms with Crippen molar-refractivity contribution in [2.45, 2.75) is 57.4 Å². The topological polar surface area (TPSA) is 106 Å². The third-order valence-electron chi connectivity index (χ3n) is 9.47. The summed E-state index contributed by atoms with van der Waals surface area (Å²) in [5.74, 6) is -5.34. The Morgan fingerprint density at radius 3 is 2.36 bits per heavy atom. The lowest BCUT2D eigenvalue weighted by Gasteiger charge is -2.32. The lowest BCUT2D eigenvalue weighted by atomic mass is 9.91. The lowest BCUT2D eigenvalue weighted by Crippen LogP contribution is -2.42. The number of rotatable bonds is 11. The average Bonchev–Trinajstić information content (AvgIpc) is 3.49. The number of benzene rings is 4. The molecule has 6 rings (SSSR count). The first-order valence-corrected chi connectivity index (χ1v) is 16.7. The van der Waals surface area contributed by atoms with Gasteiger partial charge >= 0.3 is 12.1 Å². The Labute approximate surface area is 300 Å². The first-order chi connectivity index (χ1) is 25.1. The number of piperidine rings is 1. The van der Waals surface area contributed by atoms with E-state index in [1.54, 1.807) is 30.3 Å². The second-order valence-electron chi connectivity index (χ2n) is 13.1. The van der Waals surface area contributed by atoms with E-state index < -0.39 is 53.5 Å². The summed E-state index contributed by atoms with van der Waals surface area (Å²) in [7, 11) is 3.02. The van der Waals surface area contributed by atoms with Crippen LogP contribution in [0, 0.1) is 12.7 Å². The van der Waals surface area contributed by atoms with Crippen LogP contribution < -0.4 is 14.8 Å². The second-order valence-corrected chi connectivity index (χ2v) is 13.1. The van der Waals surface area contributed by atoms with Crippen LogP contribution in [0.3, 0.4) is 0 Å². The molecule has 4 aromatic carbocycles. The number of amides is 1. The number of carbonyl (C=O) groups is 2. The number of halogens is 6. The fourth-order valence-electron chi connectivity index (χ4n) is 6.94. The van der Waals surface area contributed by atoms with Crippen LogP contribution >= 0.6 is 0 Å². The molecule has 53 heavy (non-hydrogen) atoms. The first-order valence-electron chi connectivity index (χ1n) is 16.7. The third-order valence-corrected chi connectivity index (χ3v) is 9.47. The van der Waals surface area contributed by atoms with Crippen LogP contribution in [0.5, 0.6) is 11.5 Å². The normalized spacial score (nSPS) is 15.4. The number of nitrogens with one attached hydrogen (secondary N) is 1. The van der Waals surface area contributed by atoms with Gasteiger partial charge in [0.1, 0.15) is 29.6 Å². The number of fused-ring (bicyclic) bond motifs is 2. The summed E-state index contributed by atoms with van der Waals surface area (Å²) in [5.41, 5.74) is 1.71. The van der Waals surface area contributed by atoms with E-state index in [0.717, 1.165) is 11.8 Å². The van der Waals surface area contributed by atoms with Gasteiger partial charge in [0.15, 0.2) is 5.82 Å². The molecule has 1 fully saturated rings. The maximum Gasteiger partial charge on any atom is 0.408 e. The highest BCUT2D eigenvalue weighted by molar-refractivity contribution is 6.03. The standard InChI is InChI=1S/C38H36F6N4O5/c1-21-16-24-19-48(20-38(42,43)44)46-33(24)32(39)30(21)35(49)45-28(36(50)51)17-22-6-4-8-26-25(22)7-5-9-27(26)31-29(52-2)11-10-23(34(31)53-3)18-47-14-12-37(40,41)13-15-47/h4-11,16,19,28H,12-15,17-18,20H2,1-3H3,(H,45,49)(H,50,51)/t28-/m0/s1. The smallest absolute Gasteiger partial charge is 0.408 e. The first kappa shape index (κ1) is 37.4. The monoisotopic (exact) mass is 742 g/mol. The SMILES string of the molecule is COc1ccc(CN2CCC(F)(F)CC2)c(OC)c1-c1cccc2c(C[C@H](NC(=O)c3c(C)cc4cn(CC(F)(F)F)nc4c3F)C(=O)O)cccc12. The largest absolute Gasteiger partial charge is 0.496 e. The molecule has 2 N–H and O–H groups in total. The number of carboxylic acid groups (broad SMARTS) is 1. The van der Waals surface area contributed by atoms with Crippen molar-refractivity contribution in [1.29, 1.82) is 0 Å². The van der Waals surface area contributed by atoms with E-state index in [1.165, 1.54) is 27.2 Å². The molecular formula is C38H36F6N4O5. The van der Waals surface area contributed by atoms with Gasteiger partial charge in [-0.2, -0.15) is 18.3 Å². The van der Waals surface area contributed by atoms with Crippen LogP contribution in [0.25, 0.3) is 32.8 Å². The summed E-state index contributed by atoms with van der Waals surface area (Å²) in [4.78, 5) is 27.9. The number of aliphatic carboxylic acids is 1. The Balaban J connectivity index is 1.32.